The number of benzene rings is 1. The second kappa shape index (κ2) is 7.08. The number of aromatic nitrogens is 2. The second-order valence-corrected chi connectivity index (χ2v) is 7.31. The highest BCUT2D eigenvalue weighted by Crippen LogP contribution is 2.37. The molecule has 0 fully saturated rings. The van der Waals surface area contributed by atoms with Crippen LogP contribution in [0.25, 0.3) is 0 Å². The van der Waals surface area contributed by atoms with Crippen LogP contribution in [-0.2, 0) is 6.54 Å². The van der Waals surface area contributed by atoms with Crippen molar-refractivity contribution >= 4 is 23.2 Å². The van der Waals surface area contributed by atoms with Crippen LogP contribution in [0.4, 0.5) is 5.69 Å². The van der Waals surface area contributed by atoms with E-state index in [1.54, 1.807) is 0 Å². The molecule has 0 radical (unpaired) electrons. The molecule has 1 atom stereocenters. The predicted octanol–water partition coefficient (Wildman–Crippen LogP) is 4.48. The molecule has 0 unspecified atom stereocenters. The molecule has 0 saturated carbocycles. The zero-order valence-corrected chi connectivity index (χ0v) is 16.0. The number of amides is 1. The van der Waals surface area contributed by atoms with Gasteiger partial charge in [0, 0.05) is 18.8 Å². The van der Waals surface area contributed by atoms with Crippen LogP contribution in [0.15, 0.2) is 24.3 Å². The summed E-state index contributed by atoms with van der Waals surface area (Å²) in [4.78, 5) is 14.9. The normalized spacial score (nSPS) is 17.0. The zero-order valence-electron chi connectivity index (χ0n) is 15.2. The lowest BCUT2D eigenvalue weighted by molar-refractivity contribution is 0.0683. The van der Waals surface area contributed by atoms with E-state index in [-0.39, 0.29) is 12.1 Å². The Balaban J connectivity index is 2.06. The quantitative estimate of drug-likeness (QED) is 0.855. The molecule has 1 aromatic heterocycles. The number of para-hydroxylation sites is 1. The number of carbonyl (C=O) groups excluding carboxylic acids is 1. The Morgan fingerprint density at radius 2 is 2.04 bits per heavy atom. The van der Waals surface area contributed by atoms with Gasteiger partial charge in [-0.15, -0.1) is 0 Å². The minimum Gasteiger partial charge on any atom is -0.361 e. The summed E-state index contributed by atoms with van der Waals surface area (Å²) in [5.41, 5.74) is 3.29. The summed E-state index contributed by atoms with van der Waals surface area (Å²) >= 11 is 6.67. The Hall–Kier alpha value is -2.01. The SMILES string of the molecule is CCCN1C(=O)c2ccccc2N[C@H]1c1c(C)nn(CC(C)C)c1Cl. The van der Waals surface area contributed by atoms with Gasteiger partial charge in [-0.3, -0.25) is 9.48 Å². The average molecular weight is 361 g/mol. The molecule has 1 amide bonds. The van der Waals surface area contributed by atoms with Crippen molar-refractivity contribution in [3.63, 3.8) is 0 Å². The molecule has 1 aromatic carbocycles. The van der Waals surface area contributed by atoms with Crippen LogP contribution in [0.3, 0.4) is 0 Å². The summed E-state index contributed by atoms with van der Waals surface area (Å²) in [7, 11) is 0. The maximum atomic E-state index is 13.0. The third-order valence-corrected chi connectivity index (χ3v) is 4.81. The van der Waals surface area contributed by atoms with E-state index in [9.17, 15) is 4.79 Å². The van der Waals surface area contributed by atoms with Crippen LogP contribution in [0.5, 0.6) is 0 Å². The number of rotatable bonds is 5. The van der Waals surface area contributed by atoms with Gasteiger partial charge in [0.25, 0.3) is 5.91 Å². The number of hydrogen-bond acceptors (Lipinski definition) is 3. The van der Waals surface area contributed by atoms with Crippen molar-refractivity contribution in [3.05, 3.63) is 46.2 Å². The predicted molar refractivity (Wildman–Crippen MR) is 101 cm³/mol. The molecule has 0 saturated heterocycles. The summed E-state index contributed by atoms with van der Waals surface area (Å²) in [6.07, 6.45) is 0.582. The maximum Gasteiger partial charge on any atom is 0.257 e. The van der Waals surface area contributed by atoms with Crippen molar-refractivity contribution in [2.75, 3.05) is 11.9 Å². The summed E-state index contributed by atoms with van der Waals surface area (Å²) in [5, 5.41) is 8.71. The Morgan fingerprint density at radius 3 is 2.72 bits per heavy atom. The fourth-order valence-corrected chi connectivity index (χ4v) is 3.68. The standard InChI is InChI=1S/C19H25ClN4O/c1-5-10-23-18(21-15-9-7-6-8-14(15)19(23)25)16-13(4)22-24(17(16)20)11-12(2)3/h6-9,12,18,21H,5,10-11H2,1-4H3/t18-/m1/s1. The molecule has 2 aromatic rings. The van der Waals surface area contributed by atoms with E-state index >= 15 is 0 Å². The molecule has 1 aliphatic rings. The molecule has 3 rings (SSSR count). The molecule has 1 aliphatic heterocycles. The third-order valence-electron chi connectivity index (χ3n) is 4.41. The zero-order chi connectivity index (χ0) is 18.1. The Bertz CT molecular complexity index is 784. The topological polar surface area (TPSA) is 50.2 Å². The van der Waals surface area contributed by atoms with E-state index < -0.39 is 0 Å². The van der Waals surface area contributed by atoms with Crippen molar-refractivity contribution < 1.29 is 4.79 Å². The van der Waals surface area contributed by atoms with Gasteiger partial charge in [-0.25, -0.2) is 0 Å². The molecule has 25 heavy (non-hydrogen) atoms. The number of carbonyl (C=O) groups is 1. The van der Waals surface area contributed by atoms with E-state index in [2.05, 4.69) is 31.2 Å². The molecular formula is C19H25ClN4O. The lowest BCUT2D eigenvalue weighted by Gasteiger charge is -2.38. The van der Waals surface area contributed by atoms with E-state index in [4.69, 9.17) is 11.6 Å². The van der Waals surface area contributed by atoms with Crippen LogP contribution in [0.2, 0.25) is 5.15 Å². The van der Waals surface area contributed by atoms with Gasteiger partial charge < -0.3 is 10.2 Å². The molecular weight excluding hydrogens is 336 g/mol. The van der Waals surface area contributed by atoms with Crippen LogP contribution < -0.4 is 5.32 Å². The van der Waals surface area contributed by atoms with Crippen molar-refractivity contribution in [3.8, 4) is 0 Å². The first-order valence-corrected chi connectivity index (χ1v) is 9.21. The first kappa shape index (κ1) is 17.8. The number of hydrogen-bond donors (Lipinski definition) is 1. The van der Waals surface area contributed by atoms with Gasteiger partial charge in [0.1, 0.15) is 11.3 Å². The minimum atomic E-state index is -0.296. The van der Waals surface area contributed by atoms with Gasteiger partial charge >= 0.3 is 0 Å². The maximum absolute atomic E-state index is 13.0. The third kappa shape index (κ3) is 3.25. The molecule has 5 nitrogen and oxygen atoms in total. The first-order chi connectivity index (χ1) is 11.9. The highest BCUT2D eigenvalue weighted by molar-refractivity contribution is 6.30. The smallest absolute Gasteiger partial charge is 0.257 e. The highest BCUT2D eigenvalue weighted by atomic mass is 35.5. The Kier molecular flexibility index (Phi) is 5.04. The number of halogens is 1. The fraction of sp³-hybridized carbons (Fsp3) is 0.474. The van der Waals surface area contributed by atoms with Gasteiger partial charge in [-0.2, -0.15) is 5.10 Å². The van der Waals surface area contributed by atoms with Crippen LogP contribution >= 0.6 is 11.6 Å². The van der Waals surface area contributed by atoms with Gasteiger partial charge in [0.2, 0.25) is 0 Å². The Morgan fingerprint density at radius 1 is 1.32 bits per heavy atom. The molecule has 134 valence electrons. The lowest BCUT2D eigenvalue weighted by atomic mass is 10.0. The van der Waals surface area contributed by atoms with Crippen LogP contribution in [-0.4, -0.2) is 27.1 Å². The highest BCUT2D eigenvalue weighted by Gasteiger charge is 2.35. The molecule has 6 heteroatoms. The largest absolute Gasteiger partial charge is 0.361 e. The number of nitrogens with one attached hydrogen (secondary N) is 1. The second-order valence-electron chi connectivity index (χ2n) is 6.96. The average Bonchev–Trinajstić information content (AvgIpc) is 2.83. The van der Waals surface area contributed by atoms with Gasteiger partial charge in [0.15, 0.2) is 0 Å². The lowest BCUT2D eigenvalue weighted by Crippen LogP contribution is -2.43. The number of nitrogens with zero attached hydrogens (tertiary/aromatic N) is 3. The van der Waals surface area contributed by atoms with E-state index in [0.29, 0.717) is 23.2 Å². The number of fused-ring (bicyclic) bond motifs is 1. The van der Waals surface area contributed by atoms with Crippen molar-refractivity contribution in [1.29, 1.82) is 0 Å². The minimum absolute atomic E-state index is 0.0354. The van der Waals surface area contributed by atoms with Gasteiger partial charge in [-0.1, -0.05) is 44.5 Å². The number of aryl methyl sites for hydroxylation is 1. The number of anilines is 1. The van der Waals surface area contributed by atoms with E-state index in [0.717, 1.165) is 29.9 Å². The van der Waals surface area contributed by atoms with Crippen LogP contribution in [0.1, 0.15) is 55.0 Å². The van der Waals surface area contributed by atoms with Crippen LogP contribution in [0, 0.1) is 12.8 Å². The molecule has 0 spiro atoms. The first-order valence-electron chi connectivity index (χ1n) is 8.83. The van der Waals surface area contributed by atoms with Gasteiger partial charge in [-0.05, 0) is 31.4 Å². The Labute approximate surface area is 154 Å². The van der Waals surface area contributed by atoms with E-state index in [1.807, 2.05) is 40.8 Å². The fourth-order valence-electron chi connectivity index (χ4n) is 3.34. The summed E-state index contributed by atoms with van der Waals surface area (Å²) < 4.78 is 1.84. The molecule has 1 N–H and O–H groups in total. The summed E-state index contributed by atoms with van der Waals surface area (Å²) in [6.45, 7) is 9.71. The molecule has 2 heterocycles. The molecule has 0 aliphatic carbocycles. The van der Waals surface area contributed by atoms with Gasteiger partial charge in [0.05, 0.1) is 16.8 Å². The van der Waals surface area contributed by atoms with Crippen molar-refractivity contribution in [2.24, 2.45) is 5.92 Å². The monoisotopic (exact) mass is 360 g/mol. The van der Waals surface area contributed by atoms with E-state index in [1.165, 1.54) is 0 Å². The summed E-state index contributed by atoms with van der Waals surface area (Å²) in [5.74, 6) is 0.478. The summed E-state index contributed by atoms with van der Waals surface area (Å²) in [6, 6.07) is 7.62. The molecule has 0 bridgehead atoms. The van der Waals surface area contributed by atoms with Crippen molar-refractivity contribution in [1.82, 2.24) is 14.7 Å². The van der Waals surface area contributed by atoms with Crippen molar-refractivity contribution in [2.45, 2.75) is 46.8 Å².